The summed E-state index contributed by atoms with van der Waals surface area (Å²) in [6.45, 7) is 6.35. The highest BCUT2D eigenvalue weighted by molar-refractivity contribution is 8.00. The van der Waals surface area contributed by atoms with E-state index in [0.717, 1.165) is 23.9 Å². The Morgan fingerprint density at radius 2 is 2.12 bits per heavy atom. The smallest absolute Gasteiger partial charge is 0.0761 e. The number of hydrogen-bond donors (Lipinski definition) is 1. The fourth-order valence-electron chi connectivity index (χ4n) is 2.16. The van der Waals surface area contributed by atoms with E-state index in [1.807, 2.05) is 12.1 Å². The van der Waals surface area contributed by atoms with Crippen molar-refractivity contribution in [3.8, 4) is 0 Å². The third kappa shape index (κ3) is 3.17. The van der Waals surface area contributed by atoms with E-state index in [1.165, 1.54) is 17.9 Å². The molecule has 3 heteroatoms. The fraction of sp³-hybridized carbons (Fsp3) is 0.571. The van der Waals surface area contributed by atoms with Gasteiger partial charge in [0.1, 0.15) is 0 Å². The molecule has 0 aliphatic carbocycles. The van der Waals surface area contributed by atoms with Gasteiger partial charge in [-0.1, -0.05) is 19.1 Å². The van der Waals surface area contributed by atoms with Crippen molar-refractivity contribution in [1.82, 2.24) is 0 Å². The van der Waals surface area contributed by atoms with Crippen LogP contribution in [0, 0.1) is 0 Å². The van der Waals surface area contributed by atoms with Gasteiger partial charge in [-0.25, -0.2) is 0 Å². The minimum Gasteiger partial charge on any atom is -0.389 e. The van der Waals surface area contributed by atoms with Gasteiger partial charge in [-0.05, 0) is 31.0 Å². The Bertz CT molecular complexity index is 350. The lowest BCUT2D eigenvalue weighted by molar-refractivity contribution is 0.199. The Kier molecular flexibility index (Phi) is 4.35. The summed E-state index contributed by atoms with van der Waals surface area (Å²) in [5.74, 6) is 1.22. The molecular formula is C14H21NOS. The Labute approximate surface area is 108 Å². The van der Waals surface area contributed by atoms with E-state index in [2.05, 4.69) is 35.7 Å². The lowest BCUT2D eigenvalue weighted by Crippen LogP contribution is -2.37. The average molecular weight is 251 g/mol. The molecule has 1 unspecified atom stereocenters. The molecule has 0 amide bonds. The Balaban J connectivity index is 2.06. The van der Waals surface area contributed by atoms with Crippen molar-refractivity contribution in [3.63, 3.8) is 0 Å². The second-order valence-electron chi connectivity index (χ2n) is 4.61. The van der Waals surface area contributed by atoms with Crippen molar-refractivity contribution >= 4 is 17.4 Å². The van der Waals surface area contributed by atoms with Crippen LogP contribution in [0.4, 0.5) is 5.69 Å². The van der Waals surface area contributed by atoms with Crippen LogP contribution in [0.25, 0.3) is 0 Å². The van der Waals surface area contributed by atoms with Gasteiger partial charge in [-0.2, -0.15) is 11.8 Å². The normalized spacial score (nSPS) is 22.5. The molecule has 1 aliphatic heterocycles. The summed E-state index contributed by atoms with van der Waals surface area (Å²) in [6, 6.07) is 8.32. The molecule has 1 fully saturated rings. The van der Waals surface area contributed by atoms with Gasteiger partial charge in [0.15, 0.2) is 0 Å². The number of aliphatic hydroxyl groups excluding tert-OH is 1. The fourth-order valence-corrected chi connectivity index (χ4v) is 3.34. The van der Waals surface area contributed by atoms with E-state index in [4.69, 9.17) is 0 Å². The molecule has 0 saturated carbocycles. The van der Waals surface area contributed by atoms with Crippen LogP contribution in [-0.4, -0.2) is 29.2 Å². The lowest BCUT2D eigenvalue weighted by Gasteiger charge is -2.33. The highest BCUT2D eigenvalue weighted by atomic mass is 32.2. The summed E-state index contributed by atoms with van der Waals surface area (Å²) >= 11 is 2.09. The van der Waals surface area contributed by atoms with E-state index >= 15 is 0 Å². The molecular weight excluding hydrogens is 230 g/mol. The minimum atomic E-state index is -0.371. The molecule has 1 aromatic carbocycles. The first-order valence-electron chi connectivity index (χ1n) is 6.35. The van der Waals surface area contributed by atoms with Crippen molar-refractivity contribution in [2.24, 2.45) is 0 Å². The van der Waals surface area contributed by atoms with Gasteiger partial charge < -0.3 is 10.0 Å². The van der Waals surface area contributed by atoms with E-state index in [0.29, 0.717) is 0 Å². The number of nitrogens with zero attached hydrogens (tertiary/aromatic N) is 1. The van der Waals surface area contributed by atoms with Gasteiger partial charge in [0.25, 0.3) is 0 Å². The second-order valence-corrected chi connectivity index (χ2v) is 6.02. The van der Waals surface area contributed by atoms with Crippen LogP contribution >= 0.6 is 11.8 Å². The number of anilines is 1. The molecule has 0 spiro atoms. The third-order valence-corrected chi connectivity index (χ3v) is 4.71. The van der Waals surface area contributed by atoms with Crippen LogP contribution in [0.2, 0.25) is 0 Å². The zero-order valence-corrected chi connectivity index (χ0v) is 11.4. The van der Waals surface area contributed by atoms with Crippen LogP contribution in [0.5, 0.6) is 0 Å². The summed E-state index contributed by atoms with van der Waals surface area (Å²) in [6.07, 6.45) is 0.872. The Hall–Kier alpha value is -0.670. The molecule has 1 saturated heterocycles. The van der Waals surface area contributed by atoms with Gasteiger partial charge in [0, 0.05) is 29.8 Å². The Morgan fingerprint density at radius 1 is 1.41 bits per heavy atom. The molecule has 1 aromatic rings. The van der Waals surface area contributed by atoms with Gasteiger partial charge in [0.2, 0.25) is 0 Å². The van der Waals surface area contributed by atoms with Crippen molar-refractivity contribution < 1.29 is 5.11 Å². The maximum atomic E-state index is 9.49. The highest BCUT2D eigenvalue weighted by Crippen LogP contribution is 2.26. The first-order chi connectivity index (χ1) is 8.20. The zero-order chi connectivity index (χ0) is 12.3. The molecule has 2 rings (SSSR count). The average Bonchev–Trinajstić information content (AvgIpc) is 2.39. The van der Waals surface area contributed by atoms with Crippen LogP contribution in [0.15, 0.2) is 24.3 Å². The summed E-state index contributed by atoms with van der Waals surface area (Å²) < 4.78 is 0. The van der Waals surface area contributed by atoms with E-state index in [-0.39, 0.29) is 6.10 Å². The summed E-state index contributed by atoms with van der Waals surface area (Å²) in [5, 5.41) is 10.3. The molecule has 0 radical (unpaired) electrons. The minimum absolute atomic E-state index is 0.371. The molecule has 1 N–H and O–H groups in total. The number of rotatable bonds is 3. The standard InChI is InChI=1S/C14H21NOS/c1-3-14-10-15(8-9-17-14)13-6-4-12(5-7-13)11(2)16/h4-7,11,14,16H,3,8-10H2,1-2H3/t11-,14?/m1/s1. The predicted molar refractivity (Wildman–Crippen MR) is 75.8 cm³/mol. The SMILES string of the molecule is CCC1CN(c2ccc([C@@H](C)O)cc2)CCS1. The van der Waals surface area contributed by atoms with Crippen molar-refractivity contribution in [3.05, 3.63) is 29.8 Å². The molecule has 17 heavy (non-hydrogen) atoms. The topological polar surface area (TPSA) is 23.5 Å². The van der Waals surface area contributed by atoms with Gasteiger partial charge in [-0.3, -0.25) is 0 Å². The van der Waals surface area contributed by atoms with E-state index < -0.39 is 0 Å². The number of benzene rings is 1. The predicted octanol–water partition coefficient (Wildman–Crippen LogP) is 3.07. The van der Waals surface area contributed by atoms with Crippen LogP contribution in [-0.2, 0) is 0 Å². The molecule has 1 heterocycles. The lowest BCUT2D eigenvalue weighted by atomic mass is 10.1. The molecule has 94 valence electrons. The summed E-state index contributed by atoms with van der Waals surface area (Å²) in [7, 11) is 0. The van der Waals surface area contributed by atoms with Crippen molar-refractivity contribution in [2.75, 3.05) is 23.7 Å². The van der Waals surface area contributed by atoms with Gasteiger partial charge in [-0.15, -0.1) is 0 Å². The van der Waals surface area contributed by atoms with Crippen LogP contribution in [0.1, 0.15) is 31.9 Å². The summed E-state index contributed by atoms with van der Waals surface area (Å²) in [5.41, 5.74) is 2.28. The maximum absolute atomic E-state index is 9.49. The third-order valence-electron chi connectivity index (χ3n) is 3.33. The van der Waals surface area contributed by atoms with Gasteiger partial charge >= 0.3 is 0 Å². The van der Waals surface area contributed by atoms with Crippen molar-refractivity contribution in [1.29, 1.82) is 0 Å². The van der Waals surface area contributed by atoms with Crippen LogP contribution < -0.4 is 4.90 Å². The Morgan fingerprint density at radius 3 is 2.71 bits per heavy atom. The van der Waals surface area contributed by atoms with Crippen molar-refractivity contribution in [2.45, 2.75) is 31.6 Å². The first kappa shape index (κ1) is 12.8. The summed E-state index contributed by atoms with van der Waals surface area (Å²) in [4.78, 5) is 2.45. The van der Waals surface area contributed by atoms with E-state index in [1.54, 1.807) is 6.92 Å². The second kappa shape index (κ2) is 5.78. The number of aliphatic hydroxyl groups is 1. The maximum Gasteiger partial charge on any atom is 0.0761 e. The van der Waals surface area contributed by atoms with Gasteiger partial charge in [0.05, 0.1) is 6.10 Å². The van der Waals surface area contributed by atoms with Crippen LogP contribution in [0.3, 0.4) is 0 Å². The number of thioether (sulfide) groups is 1. The molecule has 2 atom stereocenters. The molecule has 1 aliphatic rings. The first-order valence-corrected chi connectivity index (χ1v) is 7.40. The zero-order valence-electron chi connectivity index (χ0n) is 10.6. The quantitative estimate of drug-likeness (QED) is 0.893. The molecule has 0 aromatic heterocycles. The number of hydrogen-bond acceptors (Lipinski definition) is 3. The monoisotopic (exact) mass is 251 g/mol. The molecule has 0 bridgehead atoms. The highest BCUT2D eigenvalue weighted by Gasteiger charge is 2.19. The molecule has 2 nitrogen and oxygen atoms in total. The largest absolute Gasteiger partial charge is 0.389 e. The van der Waals surface area contributed by atoms with E-state index in [9.17, 15) is 5.11 Å².